The van der Waals surface area contributed by atoms with E-state index in [9.17, 15) is 14.7 Å². The molecule has 1 saturated carbocycles. The van der Waals surface area contributed by atoms with Gasteiger partial charge in [0.2, 0.25) is 5.91 Å². The number of aliphatic hydroxyl groups is 1. The normalized spacial score (nSPS) is 21.0. The van der Waals surface area contributed by atoms with E-state index in [0.29, 0.717) is 11.3 Å². The molecule has 114 valence electrons. The highest BCUT2D eigenvalue weighted by atomic mass is 16.3. The largest absolute Gasteiger partial charge is 0.399 e. The summed E-state index contributed by atoms with van der Waals surface area (Å²) in [6.45, 7) is 0.0145. The SMILES string of the molecule is Nc1ccc(C(=O)NCC(=O)NC2CCCC2CO)cc1. The number of nitrogens with one attached hydrogen (secondary N) is 2. The molecule has 2 rings (SSSR count). The van der Waals surface area contributed by atoms with Gasteiger partial charge in [0.25, 0.3) is 5.91 Å². The van der Waals surface area contributed by atoms with Gasteiger partial charge in [0.05, 0.1) is 6.54 Å². The molecular formula is C15H21N3O3. The van der Waals surface area contributed by atoms with Crippen LogP contribution in [-0.4, -0.2) is 36.1 Å². The van der Waals surface area contributed by atoms with E-state index >= 15 is 0 Å². The summed E-state index contributed by atoms with van der Waals surface area (Å²) in [5.41, 5.74) is 6.60. The quantitative estimate of drug-likeness (QED) is 0.585. The van der Waals surface area contributed by atoms with Gasteiger partial charge in [-0.25, -0.2) is 0 Å². The fourth-order valence-electron chi connectivity index (χ4n) is 2.60. The zero-order valence-electron chi connectivity index (χ0n) is 11.8. The van der Waals surface area contributed by atoms with E-state index in [-0.39, 0.29) is 36.9 Å². The number of hydrogen-bond acceptors (Lipinski definition) is 4. The molecule has 0 saturated heterocycles. The fraction of sp³-hybridized carbons (Fsp3) is 0.467. The zero-order chi connectivity index (χ0) is 15.2. The lowest BCUT2D eigenvalue weighted by Crippen LogP contribution is -2.44. The number of rotatable bonds is 5. The first kappa shape index (κ1) is 15.3. The smallest absolute Gasteiger partial charge is 0.251 e. The van der Waals surface area contributed by atoms with E-state index in [2.05, 4.69) is 10.6 Å². The Morgan fingerprint density at radius 3 is 2.62 bits per heavy atom. The molecule has 0 bridgehead atoms. The zero-order valence-corrected chi connectivity index (χ0v) is 11.8. The molecule has 0 spiro atoms. The van der Waals surface area contributed by atoms with Crippen molar-refractivity contribution in [3.8, 4) is 0 Å². The van der Waals surface area contributed by atoms with Gasteiger partial charge in [-0.1, -0.05) is 6.42 Å². The minimum absolute atomic E-state index is 0.0101. The topological polar surface area (TPSA) is 104 Å². The molecule has 0 radical (unpaired) electrons. The molecule has 2 atom stereocenters. The van der Waals surface area contributed by atoms with Crippen molar-refractivity contribution in [1.82, 2.24) is 10.6 Å². The maximum Gasteiger partial charge on any atom is 0.251 e. The third kappa shape index (κ3) is 4.19. The van der Waals surface area contributed by atoms with Crippen LogP contribution in [0.25, 0.3) is 0 Å². The van der Waals surface area contributed by atoms with Crippen LogP contribution >= 0.6 is 0 Å². The van der Waals surface area contributed by atoms with Crippen molar-refractivity contribution in [2.45, 2.75) is 25.3 Å². The number of benzene rings is 1. The number of aliphatic hydroxyl groups excluding tert-OH is 1. The van der Waals surface area contributed by atoms with E-state index in [1.54, 1.807) is 24.3 Å². The van der Waals surface area contributed by atoms with Gasteiger partial charge in [-0.2, -0.15) is 0 Å². The van der Waals surface area contributed by atoms with Crippen LogP contribution in [-0.2, 0) is 4.79 Å². The van der Waals surface area contributed by atoms with Gasteiger partial charge in [-0.3, -0.25) is 9.59 Å². The molecule has 0 aliphatic heterocycles. The number of nitrogens with two attached hydrogens (primary N) is 1. The van der Waals surface area contributed by atoms with E-state index in [1.807, 2.05) is 0 Å². The average molecular weight is 291 g/mol. The molecule has 6 nitrogen and oxygen atoms in total. The van der Waals surface area contributed by atoms with Crippen LogP contribution in [0, 0.1) is 5.92 Å². The number of amides is 2. The summed E-state index contributed by atoms with van der Waals surface area (Å²) < 4.78 is 0. The molecule has 1 fully saturated rings. The second-order valence-electron chi connectivity index (χ2n) is 5.35. The first-order valence-electron chi connectivity index (χ1n) is 7.14. The van der Waals surface area contributed by atoms with Crippen LogP contribution < -0.4 is 16.4 Å². The Morgan fingerprint density at radius 2 is 1.95 bits per heavy atom. The fourth-order valence-corrected chi connectivity index (χ4v) is 2.60. The lowest BCUT2D eigenvalue weighted by Gasteiger charge is -2.19. The van der Waals surface area contributed by atoms with Crippen LogP contribution in [0.5, 0.6) is 0 Å². The molecular weight excluding hydrogens is 270 g/mol. The molecule has 0 heterocycles. The van der Waals surface area contributed by atoms with Crippen LogP contribution in [0.1, 0.15) is 29.6 Å². The average Bonchev–Trinajstić information content (AvgIpc) is 2.92. The summed E-state index contributed by atoms with van der Waals surface area (Å²) in [5.74, 6) is -0.416. The molecule has 0 aromatic heterocycles. The maximum atomic E-state index is 11.8. The van der Waals surface area contributed by atoms with Gasteiger partial charge >= 0.3 is 0 Å². The molecule has 2 amide bonds. The Labute approximate surface area is 123 Å². The Hall–Kier alpha value is -2.08. The second-order valence-corrected chi connectivity index (χ2v) is 5.35. The van der Waals surface area contributed by atoms with Crippen molar-refractivity contribution in [2.75, 3.05) is 18.9 Å². The van der Waals surface area contributed by atoms with Crippen molar-refractivity contribution in [1.29, 1.82) is 0 Å². The number of hydrogen-bond donors (Lipinski definition) is 4. The number of carbonyl (C=O) groups is 2. The second kappa shape index (κ2) is 7.08. The minimum atomic E-state index is -0.310. The lowest BCUT2D eigenvalue weighted by molar-refractivity contribution is -0.121. The molecule has 1 aliphatic carbocycles. The van der Waals surface area contributed by atoms with Gasteiger partial charge in [0, 0.05) is 29.8 Å². The molecule has 5 N–H and O–H groups in total. The van der Waals surface area contributed by atoms with E-state index in [0.717, 1.165) is 19.3 Å². The van der Waals surface area contributed by atoms with E-state index < -0.39 is 0 Å². The molecule has 1 aliphatic rings. The molecule has 1 aromatic carbocycles. The van der Waals surface area contributed by atoms with Crippen molar-refractivity contribution in [3.05, 3.63) is 29.8 Å². The van der Waals surface area contributed by atoms with Crippen LogP contribution in [0.4, 0.5) is 5.69 Å². The van der Waals surface area contributed by atoms with Crippen LogP contribution in [0.2, 0.25) is 0 Å². The molecule has 21 heavy (non-hydrogen) atoms. The van der Waals surface area contributed by atoms with Gasteiger partial charge in [-0.15, -0.1) is 0 Å². The highest BCUT2D eigenvalue weighted by molar-refractivity contribution is 5.96. The van der Waals surface area contributed by atoms with Gasteiger partial charge in [0.15, 0.2) is 0 Å². The summed E-state index contributed by atoms with van der Waals surface area (Å²) in [5, 5.41) is 14.6. The first-order chi connectivity index (χ1) is 10.1. The number of carbonyl (C=O) groups excluding carboxylic acids is 2. The molecule has 2 unspecified atom stereocenters. The Kier molecular flexibility index (Phi) is 5.16. The molecule has 6 heteroatoms. The van der Waals surface area contributed by atoms with Gasteiger partial charge < -0.3 is 21.5 Å². The third-order valence-electron chi connectivity index (χ3n) is 3.82. The first-order valence-corrected chi connectivity index (χ1v) is 7.14. The third-order valence-corrected chi connectivity index (χ3v) is 3.82. The monoisotopic (exact) mass is 291 g/mol. The minimum Gasteiger partial charge on any atom is -0.399 e. The van der Waals surface area contributed by atoms with Crippen LogP contribution in [0.3, 0.4) is 0 Å². The standard InChI is InChI=1S/C15H21N3O3/c16-12-6-4-10(5-7-12)15(21)17-8-14(20)18-13-3-1-2-11(13)9-19/h4-7,11,13,19H,1-3,8-9,16H2,(H,17,21)(H,18,20). The number of nitrogen functional groups attached to an aromatic ring is 1. The van der Waals surface area contributed by atoms with Crippen molar-refractivity contribution >= 4 is 17.5 Å². The highest BCUT2D eigenvalue weighted by Gasteiger charge is 2.27. The van der Waals surface area contributed by atoms with Crippen molar-refractivity contribution < 1.29 is 14.7 Å². The summed E-state index contributed by atoms with van der Waals surface area (Å²) in [7, 11) is 0. The van der Waals surface area contributed by atoms with Crippen molar-refractivity contribution in [2.24, 2.45) is 5.92 Å². The summed E-state index contributed by atoms with van der Waals surface area (Å²) >= 11 is 0. The highest BCUT2D eigenvalue weighted by Crippen LogP contribution is 2.24. The van der Waals surface area contributed by atoms with Gasteiger partial charge in [-0.05, 0) is 37.1 Å². The summed E-state index contributed by atoms with van der Waals surface area (Å²) in [6, 6.07) is 6.51. The maximum absolute atomic E-state index is 11.8. The van der Waals surface area contributed by atoms with Crippen molar-refractivity contribution in [3.63, 3.8) is 0 Å². The Morgan fingerprint density at radius 1 is 1.24 bits per heavy atom. The van der Waals surface area contributed by atoms with Crippen LogP contribution in [0.15, 0.2) is 24.3 Å². The predicted octanol–water partition coefficient (Wildman–Crippen LogP) is 0.276. The summed E-state index contributed by atoms with van der Waals surface area (Å²) in [4.78, 5) is 23.7. The Bertz CT molecular complexity index is 501. The lowest BCUT2D eigenvalue weighted by atomic mass is 10.1. The number of anilines is 1. The Balaban J connectivity index is 1.78. The summed E-state index contributed by atoms with van der Waals surface area (Å²) in [6.07, 6.45) is 2.82. The molecule has 1 aromatic rings. The predicted molar refractivity (Wildman–Crippen MR) is 79.5 cm³/mol. The van der Waals surface area contributed by atoms with E-state index in [1.165, 1.54) is 0 Å². The van der Waals surface area contributed by atoms with Gasteiger partial charge in [0.1, 0.15) is 0 Å². The van der Waals surface area contributed by atoms with E-state index in [4.69, 9.17) is 5.73 Å².